The highest BCUT2D eigenvalue weighted by atomic mass is 16.5. The lowest BCUT2D eigenvalue weighted by molar-refractivity contribution is -0.0163. The van der Waals surface area contributed by atoms with Crippen LogP contribution in [-0.4, -0.2) is 36.8 Å². The molecule has 4 heteroatoms. The molecule has 1 aromatic heterocycles. The predicted octanol–water partition coefficient (Wildman–Crippen LogP) is 3.14. The average molecular weight is 303 g/mol. The molecule has 1 aromatic rings. The molecule has 0 radical (unpaired) electrons. The maximum atomic E-state index is 5.88. The third-order valence-electron chi connectivity index (χ3n) is 5.05. The van der Waals surface area contributed by atoms with Crippen molar-refractivity contribution in [3.8, 4) is 0 Å². The predicted molar refractivity (Wildman–Crippen MR) is 90.3 cm³/mol. The van der Waals surface area contributed by atoms with Gasteiger partial charge in [-0.3, -0.25) is 0 Å². The van der Waals surface area contributed by atoms with Crippen LogP contribution in [0.4, 0.5) is 5.82 Å². The Morgan fingerprint density at radius 1 is 1.32 bits per heavy atom. The molecule has 122 valence electrons. The first-order chi connectivity index (χ1) is 10.8. The summed E-state index contributed by atoms with van der Waals surface area (Å²) in [4.78, 5) is 4.44. The minimum absolute atomic E-state index is 0.514. The third kappa shape index (κ3) is 4.20. The first-order valence-corrected chi connectivity index (χ1v) is 8.84. The van der Waals surface area contributed by atoms with E-state index in [1.807, 2.05) is 19.3 Å². The zero-order chi connectivity index (χ0) is 15.2. The molecule has 1 aliphatic carbocycles. The molecule has 0 spiro atoms. The largest absolute Gasteiger partial charge is 0.378 e. The molecule has 0 bridgehead atoms. The van der Waals surface area contributed by atoms with Gasteiger partial charge in [-0.05, 0) is 57.2 Å². The normalized spacial score (nSPS) is 26.9. The van der Waals surface area contributed by atoms with E-state index in [0.29, 0.717) is 18.2 Å². The summed E-state index contributed by atoms with van der Waals surface area (Å²) in [5.41, 5.74) is 1.37. The molecule has 1 fully saturated rings. The zero-order valence-electron chi connectivity index (χ0n) is 13.7. The molecule has 2 aliphatic rings. The quantitative estimate of drug-likeness (QED) is 0.724. The molecule has 0 saturated heterocycles. The van der Waals surface area contributed by atoms with E-state index in [1.165, 1.54) is 50.5 Å². The molecule has 1 saturated carbocycles. The Balaban J connectivity index is 1.23. The van der Waals surface area contributed by atoms with Crippen molar-refractivity contribution in [2.45, 2.75) is 69.6 Å². The number of aromatic nitrogens is 1. The molecular weight excluding hydrogens is 274 g/mol. The number of hydrogen-bond acceptors (Lipinski definition) is 4. The van der Waals surface area contributed by atoms with Gasteiger partial charge in [-0.1, -0.05) is 18.9 Å². The van der Waals surface area contributed by atoms with Crippen molar-refractivity contribution in [2.24, 2.45) is 0 Å². The molecule has 22 heavy (non-hydrogen) atoms. The van der Waals surface area contributed by atoms with E-state index in [1.54, 1.807) is 0 Å². The molecule has 1 aliphatic heterocycles. The first kappa shape index (κ1) is 15.8. The number of pyridine rings is 1. The topological polar surface area (TPSA) is 46.2 Å². The van der Waals surface area contributed by atoms with Crippen LogP contribution in [0.5, 0.6) is 0 Å². The van der Waals surface area contributed by atoms with Gasteiger partial charge in [-0.25, -0.2) is 4.98 Å². The third-order valence-corrected chi connectivity index (χ3v) is 5.05. The highest BCUT2D eigenvalue weighted by molar-refractivity contribution is 5.46. The maximum Gasteiger partial charge on any atom is 0.129 e. The lowest BCUT2D eigenvalue weighted by Crippen LogP contribution is -2.43. The molecular formula is C18H29N3O. The smallest absolute Gasteiger partial charge is 0.129 e. The number of nitrogens with zero attached hydrogens (tertiary/aromatic N) is 1. The number of anilines is 1. The fraction of sp³-hybridized carbons (Fsp3) is 0.722. The van der Waals surface area contributed by atoms with E-state index in [9.17, 15) is 0 Å². The van der Waals surface area contributed by atoms with Crippen LogP contribution < -0.4 is 10.6 Å². The second-order valence-electron chi connectivity index (χ2n) is 6.69. The highest BCUT2D eigenvalue weighted by Crippen LogP contribution is 2.25. The maximum absolute atomic E-state index is 5.88. The van der Waals surface area contributed by atoms with Crippen LogP contribution in [-0.2, 0) is 11.2 Å². The number of aryl methyl sites for hydroxylation is 1. The minimum Gasteiger partial charge on any atom is -0.378 e. The Hall–Kier alpha value is -1.13. The Labute approximate surface area is 134 Å². The summed E-state index contributed by atoms with van der Waals surface area (Å²) >= 11 is 0. The van der Waals surface area contributed by atoms with Crippen molar-refractivity contribution in [2.75, 3.05) is 19.0 Å². The number of hydrogen-bond donors (Lipinski definition) is 2. The number of ether oxygens (including phenoxy) is 1. The van der Waals surface area contributed by atoms with Gasteiger partial charge in [-0.15, -0.1) is 0 Å². The van der Waals surface area contributed by atoms with Crippen LogP contribution in [0.1, 0.15) is 50.5 Å². The Morgan fingerprint density at radius 3 is 3.09 bits per heavy atom. The molecule has 0 aromatic carbocycles. The van der Waals surface area contributed by atoms with Crippen LogP contribution in [0.15, 0.2) is 18.3 Å². The van der Waals surface area contributed by atoms with Crippen LogP contribution >= 0.6 is 0 Å². The molecule has 2 N–H and O–H groups in total. The lowest BCUT2D eigenvalue weighted by atomic mass is 9.89. The van der Waals surface area contributed by atoms with E-state index in [0.717, 1.165) is 18.8 Å². The summed E-state index contributed by atoms with van der Waals surface area (Å²) in [5.74, 6) is 1.10. The molecule has 3 rings (SSSR count). The zero-order valence-corrected chi connectivity index (χ0v) is 13.7. The Morgan fingerprint density at radius 2 is 2.23 bits per heavy atom. The van der Waals surface area contributed by atoms with Crippen molar-refractivity contribution >= 4 is 5.82 Å². The summed E-state index contributed by atoms with van der Waals surface area (Å²) in [6.07, 6.45) is 12.2. The van der Waals surface area contributed by atoms with Gasteiger partial charge < -0.3 is 15.4 Å². The Kier molecular flexibility index (Phi) is 5.68. The fourth-order valence-electron chi connectivity index (χ4n) is 3.44. The molecule has 0 unspecified atom stereocenters. The van der Waals surface area contributed by atoms with Crippen molar-refractivity contribution in [3.05, 3.63) is 23.9 Å². The van der Waals surface area contributed by atoms with Gasteiger partial charge in [-0.2, -0.15) is 0 Å². The van der Waals surface area contributed by atoms with E-state index in [4.69, 9.17) is 4.74 Å². The van der Waals surface area contributed by atoms with E-state index >= 15 is 0 Å². The van der Waals surface area contributed by atoms with Crippen LogP contribution in [0.25, 0.3) is 0 Å². The van der Waals surface area contributed by atoms with Gasteiger partial charge in [0.15, 0.2) is 0 Å². The van der Waals surface area contributed by atoms with Gasteiger partial charge in [0.1, 0.15) is 5.82 Å². The lowest BCUT2D eigenvalue weighted by Gasteiger charge is -2.34. The molecule has 4 nitrogen and oxygen atoms in total. The van der Waals surface area contributed by atoms with Crippen molar-refractivity contribution < 1.29 is 4.74 Å². The van der Waals surface area contributed by atoms with Crippen molar-refractivity contribution in [3.63, 3.8) is 0 Å². The summed E-state index contributed by atoms with van der Waals surface area (Å²) in [5, 5.41) is 6.88. The van der Waals surface area contributed by atoms with E-state index in [2.05, 4.69) is 21.7 Å². The van der Waals surface area contributed by atoms with Crippen molar-refractivity contribution in [1.82, 2.24) is 10.3 Å². The average Bonchev–Trinajstić information content (AvgIpc) is 2.52. The van der Waals surface area contributed by atoms with Crippen LogP contribution in [0.2, 0.25) is 0 Å². The summed E-state index contributed by atoms with van der Waals surface area (Å²) < 4.78 is 5.88. The van der Waals surface area contributed by atoms with Gasteiger partial charge in [0.2, 0.25) is 0 Å². The highest BCUT2D eigenvalue weighted by Gasteiger charge is 2.27. The summed E-state index contributed by atoms with van der Waals surface area (Å²) in [6, 6.07) is 5.51. The monoisotopic (exact) mass is 303 g/mol. The number of rotatable bonds is 8. The fourth-order valence-corrected chi connectivity index (χ4v) is 3.44. The SMILES string of the molecule is CNC1CC(OCCCCC[C@@H]2CCc3cccnc3N2)C1. The minimum atomic E-state index is 0.514. The molecule has 1 atom stereocenters. The van der Waals surface area contributed by atoms with Gasteiger partial charge >= 0.3 is 0 Å². The first-order valence-electron chi connectivity index (χ1n) is 8.84. The van der Waals surface area contributed by atoms with E-state index < -0.39 is 0 Å². The summed E-state index contributed by atoms with van der Waals surface area (Å²) in [6.45, 7) is 0.934. The van der Waals surface area contributed by atoms with Gasteiger partial charge in [0.05, 0.1) is 6.10 Å². The van der Waals surface area contributed by atoms with Crippen LogP contribution in [0.3, 0.4) is 0 Å². The second kappa shape index (κ2) is 7.93. The number of nitrogens with one attached hydrogen (secondary N) is 2. The standard InChI is InChI=1S/C18H29N3O/c1-19-16-12-17(13-16)22-11-4-2-3-7-15-9-8-14-6-5-10-20-18(14)21-15/h5-6,10,15-17,19H,2-4,7-9,11-13H2,1H3,(H,20,21)/t15-,16?,17?/m1/s1. The summed E-state index contributed by atoms with van der Waals surface area (Å²) in [7, 11) is 2.04. The second-order valence-corrected chi connectivity index (χ2v) is 6.69. The van der Waals surface area contributed by atoms with E-state index in [-0.39, 0.29) is 0 Å². The Bertz CT molecular complexity index is 459. The number of unbranched alkanes of at least 4 members (excludes halogenated alkanes) is 2. The number of fused-ring (bicyclic) bond motifs is 1. The van der Waals surface area contributed by atoms with Gasteiger partial charge in [0, 0.05) is 24.9 Å². The molecule has 0 amide bonds. The van der Waals surface area contributed by atoms with Crippen LogP contribution in [0, 0.1) is 0 Å². The molecule has 2 heterocycles. The van der Waals surface area contributed by atoms with Crippen molar-refractivity contribution in [1.29, 1.82) is 0 Å². The van der Waals surface area contributed by atoms with Gasteiger partial charge in [0.25, 0.3) is 0 Å².